The number of Topliss-reactive ketones (excluding diaryl/α,β-unsaturated/α-hetero) is 1. The second-order valence-corrected chi connectivity index (χ2v) is 9.60. The largest absolute Gasteiger partial charge is 0.321 e. The molecule has 1 spiro atoms. The van der Waals surface area contributed by atoms with Crippen LogP contribution >= 0.6 is 0 Å². The van der Waals surface area contributed by atoms with Gasteiger partial charge in [0.1, 0.15) is 0 Å². The second-order valence-electron chi connectivity index (χ2n) is 9.60. The first kappa shape index (κ1) is 19.6. The molecular weight excluding hydrogens is 424 g/mol. The minimum absolute atomic E-state index is 0.290. The van der Waals surface area contributed by atoms with Crippen LogP contribution in [-0.2, 0) is 12.8 Å². The Labute approximate surface area is 197 Å². The van der Waals surface area contributed by atoms with Crippen LogP contribution in [0.25, 0.3) is 16.7 Å². The molecule has 4 aromatic rings. The van der Waals surface area contributed by atoms with Crippen LogP contribution in [0, 0.1) is 5.41 Å². The molecule has 0 amide bonds. The lowest BCUT2D eigenvalue weighted by Crippen LogP contribution is -2.29. The number of allylic oxidation sites excluding steroid dienone is 2. The summed E-state index contributed by atoms with van der Waals surface area (Å²) in [4.78, 5) is 29.5. The first-order valence-corrected chi connectivity index (χ1v) is 12.0. The van der Waals surface area contributed by atoms with Crippen molar-refractivity contribution in [1.82, 2.24) is 25.1 Å². The zero-order valence-corrected chi connectivity index (χ0v) is 18.8. The molecule has 34 heavy (non-hydrogen) atoms. The highest BCUT2D eigenvalue weighted by Crippen LogP contribution is 2.48. The summed E-state index contributed by atoms with van der Waals surface area (Å²) in [6.45, 7) is 0.881. The van der Waals surface area contributed by atoms with E-state index in [4.69, 9.17) is 9.97 Å². The van der Waals surface area contributed by atoms with Gasteiger partial charge in [-0.2, -0.15) is 5.10 Å². The molecule has 0 radical (unpaired) electrons. The number of aromatic amines is 1. The third kappa shape index (κ3) is 2.86. The van der Waals surface area contributed by atoms with E-state index in [1.165, 1.54) is 5.56 Å². The van der Waals surface area contributed by atoms with E-state index in [1.54, 1.807) is 0 Å². The minimum atomic E-state index is -0.290. The van der Waals surface area contributed by atoms with Crippen molar-refractivity contribution in [3.63, 3.8) is 0 Å². The average molecular weight is 449 g/mol. The highest BCUT2D eigenvalue weighted by atomic mass is 16.1. The Bertz CT molecular complexity index is 1490. The van der Waals surface area contributed by atoms with E-state index in [0.717, 1.165) is 84.6 Å². The number of aryl methyl sites for hydroxylation is 1. The van der Waals surface area contributed by atoms with Crippen molar-refractivity contribution in [2.75, 3.05) is 11.4 Å². The molecule has 0 saturated carbocycles. The number of aromatic nitrogens is 5. The van der Waals surface area contributed by atoms with E-state index < -0.39 is 0 Å². The third-order valence-corrected chi connectivity index (χ3v) is 7.67. The van der Waals surface area contributed by atoms with Crippen LogP contribution in [0.3, 0.4) is 0 Å². The number of pyridine rings is 1. The van der Waals surface area contributed by atoms with Gasteiger partial charge in [0.25, 0.3) is 0 Å². The highest BCUT2D eigenvalue weighted by Gasteiger charge is 2.45. The van der Waals surface area contributed by atoms with E-state index in [9.17, 15) is 4.79 Å². The van der Waals surface area contributed by atoms with Crippen molar-refractivity contribution < 1.29 is 4.79 Å². The number of hydrogen-bond acceptors (Lipinski definition) is 6. The van der Waals surface area contributed by atoms with Gasteiger partial charge in [0, 0.05) is 23.7 Å². The fourth-order valence-corrected chi connectivity index (χ4v) is 5.87. The van der Waals surface area contributed by atoms with Crippen molar-refractivity contribution >= 4 is 34.0 Å². The van der Waals surface area contributed by atoms with E-state index in [1.807, 2.05) is 36.7 Å². The normalized spacial score (nSPS) is 21.6. The van der Waals surface area contributed by atoms with Crippen molar-refractivity contribution in [3.05, 3.63) is 77.4 Å². The van der Waals surface area contributed by atoms with Crippen molar-refractivity contribution in [3.8, 4) is 0 Å². The molecule has 3 aromatic heterocycles. The molecular formula is C27H24N6O. The Balaban J connectivity index is 1.18. The second kappa shape index (κ2) is 7.32. The summed E-state index contributed by atoms with van der Waals surface area (Å²) in [6.07, 6.45) is 11.2. The van der Waals surface area contributed by atoms with Crippen molar-refractivity contribution in [1.29, 1.82) is 0 Å². The van der Waals surface area contributed by atoms with E-state index in [0.29, 0.717) is 11.4 Å². The SMILES string of the molecule is O=C1c2ccccc2CC12CC=C(c1cnc3c(N4CCCc5ncccc54)n[nH]c3n1)CC2. The monoisotopic (exact) mass is 448 g/mol. The minimum Gasteiger partial charge on any atom is -0.321 e. The number of fused-ring (bicyclic) bond motifs is 3. The molecule has 0 bridgehead atoms. The van der Waals surface area contributed by atoms with Crippen LogP contribution in [0.15, 0.2) is 54.9 Å². The average Bonchev–Trinajstić information content (AvgIpc) is 3.43. The highest BCUT2D eigenvalue weighted by molar-refractivity contribution is 6.05. The number of rotatable bonds is 2. The number of H-pyrrole nitrogens is 1. The molecule has 0 fully saturated rings. The number of nitrogens with one attached hydrogen (secondary N) is 1. The van der Waals surface area contributed by atoms with Gasteiger partial charge in [0.05, 0.1) is 23.3 Å². The van der Waals surface area contributed by atoms with Gasteiger partial charge in [-0.15, -0.1) is 0 Å². The lowest BCUT2D eigenvalue weighted by atomic mass is 9.72. The van der Waals surface area contributed by atoms with Crippen LogP contribution in [0.5, 0.6) is 0 Å². The Kier molecular flexibility index (Phi) is 4.21. The summed E-state index contributed by atoms with van der Waals surface area (Å²) in [5.41, 5.74) is 7.47. The van der Waals surface area contributed by atoms with Crippen molar-refractivity contribution in [2.45, 2.75) is 38.5 Å². The predicted molar refractivity (Wildman–Crippen MR) is 130 cm³/mol. The van der Waals surface area contributed by atoms with Gasteiger partial charge in [-0.1, -0.05) is 30.3 Å². The Morgan fingerprint density at radius 3 is 2.88 bits per heavy atom. The number of carbonyl (C=O) groups is 1. The van der Waals surface area contributed by atoms with Gasteiger partial charge < -0.3 is 4.90 Å². The van der Waals surface area contributed by atoms with Gasteiger partial charge in [-0.3, -0.25) is 14.9 Å². The van der Waals surface area contributed by atoms with Crippen molar-refractivity contribution in [2.24, 2.45) is 5.41 Å². The number of nitrogens with zero attached hydrogens (tertiary/aromatic N) is 5. The summed E-state index contributed by atoms with van der Waals surface area (Å²) < 4.78 is 0. The summed E-state index contributed by atoms with van der Waals surface area (Å²) >= 11 is 0. The van der Waals surface area contributed by atoms with Gasteiger partial charge >= 0.3 is 0 Å². The molecule has 4 heterocycles. The number of hydrogen-bond donors (Lipinski definition) is 1. The molecule has 1 unspecified atom stereocenters. The van der Waals surface area contributed by atoms with Crippen LogP contribution in [0.1, 0.15) is 53.0 Å². The molecule has 0 saturated heterocycles. The first-order valence-electron chi connectivity index (χ1n) is 12.0. The van der Waals surface area contributed by atoms with E-state index in [2.05, 4.69) is 38.3 Å². The van der Waals surface area contributed by atoms with Crippen LogP contribution in [0.4, 0.5) is 11.5 Å². The fourth-order valence-electron chi connectivity index (χ4n) is 5.87. The first-order chi connectivity index (χ1) is 16.7. The Morgan fingerprint density at radius 2 is 2.00 bits per heavy atom. The maximum absolute atomic E-state index is 13.2. The number of benzene rings is 1. The zero-order chi connectivity index (χ0) is 22.7. The molecule has 168 valence electrons. The smallest absolute Gasteiger partial charge is 0.183 e. The van der Waals surface area contributed by atoms with Gasteiger partial charge in [0.15, 0.2) is 22.8 Å². The molecule has 3 aliphatic rings. The van der Waals surface area contributed by atoms with E-state index in [-0.39, 0.29) is 5.41 Å². The van der Waals surface area contributed by atoms with E-state index >= 15 is 0 Å². The lowest BCUT2D eigenvalue weighted by Gasteiger charge is -2.30. The van der Waals surface area contributed by atoms with Crippen LogP contribution < -0.4 is 4.90 Å². The summed E-state index contributed by atoms with van der Waals surface area (Å²) in [6, 6.07) is 12.1. The standard InChI is InChI=1S/C27H24N6O/c34-24-19-6-2-1-5-18(19)15-27(24)11-9-17(10-12-27)21-16-29-23-25(30-21)31-32-26(23)33-14-4-7-20-22(33)8-3-13-28-20/h1-3,5-6,8-9,13,16H,4,7,10-12,14-15H2,(H,30,31,32). The Hall–Kier alpha value is -3.87. The van der Waals surface area contributed by atoms with Crippen LogP contribution in [0.2, 0.25) is 0 Å². The number of anilines is 2. The molecule has 1 atom stereocenters. The molecule has 1 aliphatic heterocycles. The fraction of sp³-hybridized carbons (Fsp3) is 0.296. The molecule has 1 N–H and O–H groups in total. The summed E-state index contributed by atoms with van der Waals surface area (Å²) in [7, 11) is 0. The predicted octanol–water partition coefficient (Wildman–Crippen LogP) is 4.82. The quantitative estimate of drug-likeness (QED) is 0.473. The molecule has 7 rings (SSSR count). The maximum Gasteiger partial charge on any atom is 0.183 e. The zero-order valence-electron chi connectivity index (χ0n) is 18.8. The van der Waals surface area contributed by atoms with Gasteiger partial charge in [0.2, 0.25) is 0 Å². The lowest BCUT2D eigenvalue weighted by molar-refractivity contribution is 0.0805. The number of carbonyl (C=O) groups excluding carboxylic acids is 1. The molecule has 2 aliphatic carbocycles. The maximum atomic E-state index is 13.2. The summed E-state index contributed by atoms with van der Waals surface area (Å²) in [5, 5.41) is 7.68. The topological polar surface area (TPSA) is 87.7 Å². The molecule has 7 heteroatoms. The third-order valence-electron chi connectivity index (χ3n) is 7.67. The molecule has 1 aromatic carbocycles. The molecule has 7 nitrogen and oxygen atoms in total. The van der Waals surface area contributed by atoms with Gasteiger partial charge in [-0.25, -0.2) is 9.97 Å². The number of ketones is 1. The Morgan fingerprint density at radius 1 is 1.06 bits per heavy atom. The summed E-state index contributed by atoms with van der Waals surface area (Å²) in [5.74, 6) is 1.10. The van der Waals surface area contributed by atoms with Crippen LogP contribution in [-0.4, -0.2) is 37.5 Å². The van der Waals surface area contributed by atoms with Gasteiger partial charge in [-0.05, 0) is 61.8 Å².